The van der Waals surface area contributed by atoms with E-state index >= 15 is 0 Å². The fraction of sp³-hybridized carbons (Fsp3) is 0.846. The number of carboxylic acids is 3. The van der Waals surface area contributed by atoms with Crippen molar-refractivity contribution < 1.29 is 39.2 Å². The topological polar surface area (TPSA) is 138 Å². The van der Waals surface area contributed by atoms with E-state index in [9.17, 15) is 34.5 Å². The molecule has 0 aromatic heterocycles. The molecule has 0 saturated heterocycles. The van der Waals surface area contributed by atoms with E-state index in [-0.39, 0.29) is 13.0 Å². The predicted molar refractivity (Wildman–Crippen MR) is 130 cm³/mol. The molecule has 0 aliphatic rings. The second-order valence-corrected chi connectivity index (χ2v) is 9.31. The van der Waals surface area contributed by atoms with E-state index in [1.807, 2.05) is 0 Å². The van der Waals surface area contributed by atoms with Crippen LogP contribution in [0.2, 0.25) is 0 Å². The van der Waals surface area contributed by atoms with Crippen molar-refractivity contribution in [3.8, 4) is 0 Å². The second-order valence-electron chi connectivity index (χ2n) is 9.31. The highest BCUT2D eigenvalue weighted by atomic mass is 16.5. The molecule has 0 aliphatic carbocycles. The van der Waals surface area contributed by atoms with E-state index in [1.165, 1.54) is 6.42 Å². The quantitative estimate of drug-likeness (QED) is 0.121. The van der Waals surface area contributed by atoms with Crippen LogP contribution in [0.3, 0.4) is 0 Å². The molecular formula is C26H46O8. The van der Waals surface area contributed by atoms with Gasteiger partial charge in [-0.15, -0.1) is 0 Å². The van der Waals surface area contributed by atoms with Crippen LogP contribution in [0.25, 0.3) is 0 Å². The van der Waals surface area contributed by atoms with Crippen molar-refractivity contribution in [3.05, 3.63) is 0 Å². The summed E-state index contributed by atoms with van der Waals surface area (Å²) >= 11 is 0. The van der Waals surface area contributed by atoms with Gasteiger partial charge in [0, 0.05) is 6.61 Å². The van der Waals surface area contributed by atoms with E-state index in [2.05, 4.69) is 13.8 Å². The van der Waals surface area contributed by atoms with Crippen LogP contribution in [0.1, 0.15) is 124 Å². The Hall–Kier alpha value is -1.96. The van der Waals surface area contributed by atoms with Crippen molar-refractivity contribution in [2.75, 3.05) is 6.61 Å². The normalized spacial score (nSPS) is 14.8. The van der Waals surface area contributed by atoms with Crippen molar-refractivity contribution in [1.82, 2.24) is 0 Å². The average molecular weight is 487 g/mol. The molecule has 8 nitrogen and oxygen atoms in total. The molecule has 2 unspecified atom stereocenters. The highest BCUT2D eigenvalue weighted by Crippen LogP contribution is 2.44. The third-order valence-electron chi connectivity index (χ3n) is 6.65. The summed E-state index contributed by atoms with van der Waals surface area (Å²) in [5.74, 6) is -5.78. The molecule has 2 atom stereocenters. The minimum absolute atomic E-state index is 0.120. The number of hydrogen-bond acceptors (Lipinski definition) is 5. The number of ketones is 1. The van der Waals surface area contributed by atoms with Gasteiger partial charge in [-0.1, -0.05) is 97.3 Å². The molecule has 0 aliphatic heterocycles. The molecule has 34 heavy (non-hydrogen) atoms. The number of carbonyl (C=O) groups is 4. The van der Waals surface area contributed by atoms with Gasteiger partial charge in [0.1, 0.15) is 0 Å². The Morgan fingerprint density at radius 2 is 1.09 bits per heavy atom. The van der Waals surface area contributed by atoms with Gasteiger partial charge in [0.05, 0.1) is 6.42 Å². The Kier molecular flexibility index (Phi) is 16.5. The number of carboxylic acid groups (broad SMARTS) is 3. The summed E-state index contributed by atoms with van der Waals surface area (Å²) in [7, 11) is 0. The number of carbonyl (C=O) groups excluding carboxylic acids is 1. The van der Waals surface area contributed by atoms with Crippen LogP contribution in [-0.4, -0.2) is 51.2 Å². The standard InChI is InChI=1S/C26H46O8/c1-4-6-8-10-12-13-14-16-18-25(21(3)27,23(30)31)26(24(32)33,20-22(28)29)34-19-17-15-11-9-7-5-2/h4-20H2,1-3H3,(H,28,29)(H,30,31)(H,32,33). The maximum Gasteiger partial charge on any atom is 0.338 e. The van der Waals surface area contributed by atoms with E-state index < -0.39 is 41.1 Å². The average Bonchev–Trinajstić information content (AvgIpc) is 2.76. The first-order valence-electron chi connectivity index (χ1n) is 13.0. The number of rotatable bonds is 23. The van der Waals surface area contributed by atoms with Gasteiger partial charge < -0.3 is 20.1 Å². The molecule has 0 heterocycles. The lowest BCUT2D eigenvalue weighted by molar-refractivity contribution is -0.206. The van der Waals surface area contributed by atoms with Gasteiger partial charge >= 0.3 is 17.9 Å². The molecule has 0 amide bonds. The predicted octanol–water partition coefficient (Wildman–Crippen LogP) is 5.85. The zero-order chi connectivity index (χ0) is 26.0. The number of unbranched alkanes of at least 4 members (excludes halogenated alkanes) is 12. The molecule has 3 N–H and O–H groups in total. The first kappa shape index (κ1) is 32.0. The van der Waals surface area contributed by atoms with Crippen LogP contribution in [-0.2, 0) is 23.9 Å². The second kappa shape index (κ2) is 17.5. The molecule has 0 radical (unpaired) electrons. The van der Waals surface area contributed by atoms with Crippen LogP contribution >= 0.6 is 0 Å². The Morgan fingerprint density at radius 3 is 1.47 bits per heavy atom. The highest BCUT2D eigenvalue weighted by molar-refractivity contribution is 6.09. The summed E-state index contributed by atoms with van der Waals surface area (Å²) in [6.45, 7) is 5.13. The number of hydrogen-bond donors (Lipinski definition) is 3. The lowest BCUT2D eigenvalue weighted by Crippen LogP contribution is -2.64. The van der Waals surface area contributed by atoms with Gasteiger partial charge in [0.25, 0.3) is 0 Å². The van der Waals surface area contributed by atoms with Crippen LogP contribution in [0.15, 0.2) is 0 Å². The third kappa shape index (κ3) is 9.72. The minimum atomic E-state index is -2.67. The maximum atomic E-state index is 12.8. The Morgan fingerprint density at radius 1 is 0.647 bits per heavy atom. The van der Waals surface area contributed by atoms with Crippen LogP contribution in [0.4, 0.5) is 0 Å². The van der Waals surface area contributed by atoms with Gasteiger partial charge in [0.15, 0.2) is 16.8 Å². The van der Waals surface area contributed by atoms with Crippen molar-refractivity contribution >= 4 is 23.7 Å². The third-order valence-corrected chi connectivity index (χ3v) is 6.65. The number of ether oxygens (including phenoxy) is 1. The number of aliphatic carboxylic acids is 3. The van der Waals surface area contributed by atoms with Gasteiger partial charge in [-0.3, -0.25) is 14.4 Å². The summed E-state index contributed by atoms with van der Waals surface area (Å²) in [6.07, 6.45) is 11.2. The van der Waals surface area contributed by atoms with Gasteiger partial charge in [0.2, 0.25) is 0 Å². The molecule has 0 bridgehead atoms. The van der Waals surface area contributed by atoms with Gasteiger partial charge in [-0.2, -0.15) is 0 Å². The van der Waals surface area contributed by atoms with Crippen molar-refractivity contribution in [2.45, 2.75) is 129 Å². The minimum Gasteiger partial charge on any atom is -0.481 e. The van der Waals surface area contributed by atoms with Crippen LogP contribution in [0.5, 0.6) is 0 Å². The largest absolute Gasteiger partial charge is 0.481 e. The SMILES string of the molecule is CCCCCCCCCCC(C(C)=O)(C(=O)O)C(CC(=O)O)(OCCCCCCCC)C(=O)O. The molecule has 0 rings (SSSR count). The molecule has 0 spiro atoms. The van der Waals surface area contributed by atoms with E-state index in [0.29, 0.717) is 19.3 Å². The van der Waals surface area contributed by atoms with Crippen molar-refractivity contribution in [1.29, 1.82) is 0 Å². The first-order valence-corrected chi connectivity index (χ1v) is 13.0. The van der Waals surface area contributed by atoms with Crippen LogP contribution < -0.4 is 0 Å². The summed E-state index contributed by atoms with van der Waals surface area (Å²) in [6, 6.07) is 0. The van der Waals surface area contributed by atoms with E-state index in [1.54, 1.807) is 0 Å². The Bertz CT molecular complexity index is 616. The van der Waals surface area contributed by atoms with Gasteiger partial charge in [-0.05, 0) is 19.8 Å². The smallest absolute Gasteiger partial charge is 0.338 e. The fourth-order valence-electron chi connectivity index (χ4n) is 4.60. The maximum absolute atomic E-state index is 12.8. The molecule has 0 fully saturated rings. The molecule has 8 heteroatoms. The number of Topliss-reactive ketones (excluding diaryl/α,β-unsaturated/α-hetero) is 1. The van der Waals surface area contributed by atoms with Gasteiger partial charge in [-0.25, -0.2) is 4.79 Å². The van der Waals surface area contributed by atoms with E-state index in [4.69, 9.17) is 4.74 Å². The highest BCUT2D eigenvalue weighted by Gasteiger charge is 2.66. The summed E-state index contributed by atoms with van der Waals surface area (Å²) < 4.78 is 5.64. The molecule has 0 aromatic carbocycles. The van der Waals surface area contributed by atoms with Crippen LogP contribution in [0, 0.1) is 5.41 Å². The molecule has 0 aromatic rings. The van der Waals surface area contributed by atoms with E-state index in [0.717, 1.165) is 71.1 Å². The molecular weight excluding hydrogens is 440 g/mol. The summed E-state index contributed by atoms with van der Waals surface area (Å²) in [5, 5.41) is 29.7. The Labute approximate surface area is 204 Å². The first-order chi connectivity index (χ1) is 16.1. The lowest BCUT2D eigenvalue weighted by atomic mass is 9.64. The summed E-state index contributed by atoms with van der Waals surface area (Å²) in [5.41, 5.74) is -5.14. The Balaban J connectivity index is 5.60. The zero-order valence-corrected chi connectivity index (χ0v) is 21.4. The van der Waals surface area contributed by atoms with Crippen molar-refractivity contribution in [2.24, 2.45) is 5.41 Å². The zero-order valence-electron chi connectivity index (χ0n) is 21.4. The fourth-order valence-corrected chi connectivity index (χ4v) is 4.60. The lowest BCUT2D eigenvalue weighted by Gasteiger charge is -2.42. The monoisotopic (exact) mass is 486 g/mol. The van der Waals surface area contributed by atoms with Crippen molar-refractivity contribution in [3.63, 3.8) is 0 Å². The summed E-state index contributed by atoms with van der Waals surface area (Å²) in [4.78, 5) is 49.4. The molecule has 0 saturated carbocycles. The molecule has 198 valence electrons.